The van der Waals surface area contributed by atoms with Gasteiger partial charge in [-0.05, 0) is 24.5 Å². The largest absolute Gasteiger partial charge is 0.396 e. The first kappa shape index (κ1) is 12.1. The molecular weight excluding hydrogens is 236 g/mol. The first-order chi connectivity index (χ1) is 8.29. The highest BCUT2D eigenvalue weighted by Crippen LogP contribution is 2.19. The van der Waals surface area contributed by atoms with Crippen molar-refractivity contribution in [3.8, 4) is 0 Å². The fraction of sp³-hybridized carbons (Fsp3) is 0.364. The Hall–Kier alpha value is -1.40. The molecule has 6 heteroatoms. The van der Waals surface area contributed by atoms with Crippen LogP contribution in [0, 0.1) is 6.92 Å². The highest BCUT2D eigenvalue weighted by molar-refractivity contribution is 7.98. The SMILES string of the molecule is Cc1cn[nH]c1CSc1ncc(CCO)cn1. The summed E-state index contributed by atoms with van der Waals surface area (Å²) in [4.78, 5) is 8.47. The molecule has 17 heavy (non-hydrogen) atoms. The molecule has 0 aliphatic heterocycles. The Kier molecular flexibility index (Phi) is 4.11. The third-order valence-electron chi connectivity index (χ3n) is 2.36. The fourth-order valence-electron chi connectivity index (χ4n) is 1.33. The number of aryl methyl sites for hydroxylation is 1. The summed E-state index contributed by atoms with van der Waals surface area (Å²) in [5.41, 5.74) is 3.20. The van der Waals surface area contributed by atoms with Gasteiger partial charge in [-0.2, -0.15) is 5.10 Å². The van der Waals surface area contributed by atoms with Crippen molar-refractivity contribution in [1.29, 1.82) is 0 Å². The third kappa shape index (κ3) is 3.28. The van der Waals surface area contributed by atoms with Gasteiger partial charge in [-0.15, -0.1) is 0 Å². The maximum absolute atomic E-state index is 8.78. The van der Waals surface area contributed by atoms with Gasteiger partial charge >= 0.3 is 0 Å². The van der Waals surface area contributed by atoms with Crippen molar-refractivity contribution in [3.05, 3.63) is 35.4 Å². The summed E-state index contributed by atoms with van der Waals surface area (Å²) in [5, 5.41) is 16.4. The van der Waals surface area contributed by atoms with Crippen LogP contribution >= 0.6 is 11.8 Å². The molecule has 0 saturated heterocycles. The Balaban J connectivity index is 1.93. The maximum Gasteiger partial charge on any atom is 0.187 e. The van der Waals surface area contributed by atoms with Crippen LogP contribution in [0.4, 0.5) is 0 Å². The second kappa shape index (κ2) is 5.79. The van der Waals surface area contributed by atoms with Crippen LogP contribution in [0.5, 0.6) is 0 Å². The Bertz CT molecular complexity index is 469. The lowest BCUT2D eigenvalue weighted by Crippen LogP contribution is -1.95. The minimum Gasteiger partial charge on any atom is -0.396 e. The van der Waals surface area contributed by atoms with Gasteiger partial charge in [-0.25, -0.2) is 9.97 Å². The maximum atomic E-state index is 8.78. The van der Waals surface area contributed by atoms with Crippen LogP contribution in [0.25, 0.3) is 0 Å². The second-order valence-corrected chi connectivity index (χ2v) is 4.61. The molecule has 0 fully saturated rings. The molecule has 2 aromatic rings. The van der Waals surface area contributed by atoms with Crippen LogP contribution in [0.1, 0.15) is 16.8 Å². The second-order valence-electron chi connectivity index (χ2n) is 3.67. The van der Waals surface area contributed by atoms with Gasteiger partial charge in [0.15, 0.2) is 5.16 Å². The van der Waals surface area contributed by atoms with Crippen LogP contribution in [-0.2, 0) is 12.2 Å². The predicted molar refractivity (Wildman–Crippen MR) is 65.7 cm³/mol. The minimum absolute atomic E-state index is 0.128. The van der Waals surface area contributed by atoms with Crippen molar-refractivity contribution in [2.75, 3.05) is 6.61 Å². The number of nitrogens with one attached hydrogen (secondary N) is 1. The van der Waals surface area contributed by atoms with Crippen molar-refractivity contribution in [2.24, 2.45) is 0 Å². The zero-order valence-electron chi connectivity index (χ0n) is 9.55. The lowest BCUT2D eigenvalue weighted by atomic mass is 10.3. The molecule has 0 radical (unpaired) electrons. The molecule has 0 spiro atoms. The monoisotopic (exact) mass is 250 g/mol. The number of H-pyrrole nitrogens is 1. The van der Waals surface area contributed by atoms with E-state index < -0.39 is 0 Å². The molecule has 0 bridgehead atoms. The van der Waals surface area contributed by atoms with E-state index in [2.05, 4.69) is 20.2 Å². The number of hydrogen-bond acceptors (Lipinski definition) is 5. The van der Waals surface area contributed by atoms with Gasteiger partial charge in [0.1, 0.15) is 0 Å². The molecule has 0 amide bonds. The van der Waals surface area contributed by atoms with E-state index in [0.717, 1.165) is 27.7 Å². The number of nitrogens with zero attached hydrogens (tertiary/aromatic N) is 3. The van der Waals surface area contributed by atoms with Gasteiger partial charge in [0, 0.05) is 30.4 Å². The van der Waals surface area contributed by atoms with E-state index in [1.54, 1.807) is 30.4 Å². The van der Waals surface area contributed by atoms with Gasteiger partial charge in [-0.1, -0.05) is 11.8 Å². The normalized spacial score (nSPS) is 10.7. The lowest BCUT2D eigenvalue weighted by molar-refractivity contribution is 0.299. The molecule has 0 saturated carbocycles. The Labute approximate surface area is 104 Å². The van der Waals surface area contributed by atoms with E-state index in [-0.39, 0.29) is 6.61 Å². The number of aliphatic hydroxyl groups is 1. The number of rotatable bonds is 5. The number of hydrogen-bond donors (Lipinski definition) is 2. The fourth-order valence-corrected chi connectivity index (χ4v) is 2.15. The van der Waals surface area contributed by atoms with E-state index in [1.807, 2.05) is 6.92 Å². The third-order valence-corrected chi connectivity index (χ3v) is 3.26. The van der Waals surface area contributed by atoms with Crippen LogP contribution < -0.4 is 0 Å². The van der Waals surface area contributed by atoms with Crippen molar-refractivity contribution >= 4 is 11.8 Å². The number of aliphatic hydroxyl groups excluding tert-OH is 1. The van der Waals surface area contributed by atoms with E-state index in [1.165, 1.54) is 0 Å². The number of aromatic amines is 1. The van der Waals surface area contributed by atoms with Gasteiger partial charge < -0.3 is 5.11 Å². The van der Waals surface area contributed by atoms with Crippen LogP contribution in [0.2, 0.25) is 0 Å². The topological polar surface area (TPSA) is 74.7 Å². The quantitative estimate of drug-likeness (QED) is 0.618. The zero-order valence-corrected chi connectivity index (χ0v) is 10.4. The van der Waals surface area contributed by atoms with E-state index >= 15 is 0 Å². The minimum atomic E-state index is 0.128. The molecule has 2 rings (SSSR count). The molecule has 0 aromatic carbocycles. The molecule has 2 N–H and O–H groups in total. The number of thioether (sulfide) groups is 1. The molecular formula is C11H14N4OS. The summed E-state index contributed by atoms with van der Waals surface area (Å²) in [6.07, 6.45) is 5.92. The highest BCUT2D eigenvalue weighted by Gasteiger charge is 2.03. The Morgan fingerprint density at radius 3 is 2.65 bits per heavy atom. The van der Waals surface area contributed by atoms with Gasteiger partial charge in [0.2, 0.25) is 0 Å². The Morgan fingerprint density at radius 2 is 2.06 bits per heavy atom. The van der Waals surface area contributed by atoms with Crippen molar-refractivity contribution < 1.29 is 5.11 Å². The molecule has 2 aromatic heterocycles. The average molecular weight is 250 g/mol. The van der Waals surface area contributed by atoms with Gasteiger partial charge in [-0.3, -0.25) is 5.10 Å². The summed E-state index contributed by atoms with van der Waals surface area (Å²) in [6, 6.07) is 0. The average Bonchev–Trinajstić information content (AvgIpc) is 2.75. The molecule has 0 aliphatic carbocycles. The summed E-state index contributed by atoms with van der Waals surface area (Å²) in [7, 11) is 0. The van der Waals surface area contributed by atoms with Crippen LogP contribution in [0.15, 0.2) is 23.7 Å². The Morgan fingerprint density at radius 1 is 1.29 bits per heavy atom. The molecule has 0 unspecified atom stereocenters. The van der Waals surface area contributed by atoms with Gasteiger partial charge in [0.05, 0.1) is 6.20 Å². The zero-order chi connectivity index (χ0) is 12.1. The molecule has 2 heterocycles. The van der Waals surface area contributed by atoms with Crippen molar-refractivity contribution in [1.82, 2.24) is 20.2 Å². The smallest absolute Gasteiger partial charge is 0.187 e. The summed E-state index contributed by atoms with van der Waals surface area (Å²) in [6.45, 7) is 2.15. The van der Waals surface area contributed by atoms with E-state index in [4.69, 9.17) is 5.11 Å². The van der Waals surface area contributed by atoms with Crippen LogP contribution in [-0.4, -0.2) is 31.9 Å². The lowest BCUT2D eigenvalue weighted by Gasteiger charge is -2.01. The molecule has 5 nitrogen and oxygen atoms in total. The van der Waals surface area contributed by atoms with Gasteiger partial charge in [0.25, 0.3) is 0 Å². The van der Waals surface area contributed by atoms with Crippen LogP contribution in [0.3, 0.4) is 0 Å². The summed E-state index contributed by atoms with van der Waals surface area (Å²) < 4.78 is 0. The van der Waals surface area contributed by atoms with E-state index in [0.29, 0.717) is 6.42 Å². The molecule has 0 atom stereocenters. The molecule has 90 valence electrons. The summed E-state index contributed by atoms with van der Waals surface area (Å²) >= 11 is 1.56. The first-order valence-electron chi connectivity index (χ1n) is 5.33. The summed E-state index contributed by atoms with van der Waals surface area (Å²) in [5.74, 6) is 0.783. The van der Waals surface area contributed by atoms with Crippen molar-refractivity contribution in [3.63, 3.8) is 0 Å². The highest BCUT2D eigenvalue weighted by atomic mass is 32.2. The van der Waals surface area contributed by atoms with Crippen molar-refractivity contribution in [2.45, 2.75) is 24.3 Å². The predicted octanol–water partition coefficient (Wildman–Crippen LogP) is 1.34. The first-order valence-corrected chi connectivity index (χ1v) is 6.31. The van der Waals surface area contributed by atoms with E-state index in [9.17, 15) is 0 Å². The standard InChI is InChI=1S/C11H14N4OS/c1-8-4-14-15-10(8)7-17-11-12-5-9(2-3-16)6-13-11/h4-6,16H,2-3,7H2,1H3,(H,14,15). The molecule has 0 aliphatic rings. The number of aromatic nitrogens is 4.